The second-order valence-electron chi connectivity index (χ2n) is 11.3. The Kier molecular flexibility index (Phi) is 5.69. The summed E-state index contributed by atoms with van der Waals surface area (Å²) in [5.74, 6) is 2.15. The van der Waals surface area contributed by atoms with Crippen molar-refractivity contribution in [2.24, 2.45) is 23.2 Å². The SMILES string of the molecule is C[C@]12CC[C@@H]3c4ccc(O)cc4CC[C@H]3[C@@H]1[C@H](CCn1cc(-c3ccc(C(F)(F)F)cc3)nn1)CC2=O. The Morgan fingerprint density at radius 3 is 2.68 bits per heavy atom. The van der Waals surface area contributed by atoms with Crippen molar-refractivity contribution in [3.8, 4) is 17.0 Å². The van der Waals surface area contributed by atoms with Gasteiger partial charge in [0.25, 0.3) is 0 Å². The van der Waals surface area contributed by atoms with Gasteiger partial charge in [0.1, 0.15) is 17.2 Å². The highest BCUT2D eigenvalue weighted by atomic mass is 19.4. The highest BCUT2D eigenvalue weighted by molar-refractivity contribution is 5.87. The van der Waals surface area contributed by atoms with Crippen molar-refractivity contribution in [1.29, 1.82) is 0 Å². The minimum Gasteiger partial charge on any atom is -0.508 e. The molecule has 1 aromatic heterocycles. The summed E-state index contributed by atoms with van der Waals surface area (Å²) in [6.07, 6.45) is 2.67. The number of carbonyl (C=O) groups is 1. The average molecular weight is 510 g/mol. The van der Waals surface area contributed by atoms with E-state index in [-0.39, 0.29) is 11.3 Å². The molecule has 2 aromatic carbocycles. The van der Waals surface area contributed by atoms with Crippen LogP contribution in [0.5, 0.6) is 5.75 Å². The molecule has 8 heteroatoms. The molecule has 0 amide bonds. The highest BCUT2D eigenvalue weighted by Crippen LogP contribution is 2.62. The van der Waals surface area contributed by atoms with Crippen LogP contribution in [0, 0.1) is 23.2 Å². The molecule has 2 fully saturated rings. The molecule has 6 rings (SSSR count). The van der Waals surface area contributed by atoms with Gasteiger partial charge in [-0.25, -0.2) is 0 Å². The molecular weight excluding hydrogens is 479 g/mol. The lowest BCUT2D eigenvalue weighted by atomic mass is 9.54. The number of benzene rings is 2. The van der Waals surface area contributed by atoms with Crippen LogP contribution < -0.4 is 0 Å². The maximum Gasteiger partial charge on any atom is 0.416 e. The van der Waals surface area contributed by atoms with E-state index in [4.69, 9.17) is 0 Å². The molecular formula is C29H30F3N3O2. The van der Waals surface area contributed by atoms with E-state index in [0.29, 0.717) is 53.5 Å². The minimum absolute atomic E-state index is 0.266. The number of nitrogens with zero attached hydrogens (tertiary/aromatic N) is 3. The number of fused-ring (bicyclic) bond motifs is 5. The van der Waals surface area contributed by atoms with E-state index in [1.807, 2.05) is 6.07 Å². The van der Waals surface area contributed by atoms with E-state index < -0.39 is 11.7 Å². The summed E-state index contributed by atoms with van der Waals surface area (Å²) in [5, 5.41) is 18.3. The molecule has 2 saturated carbocycles. The molecule has 0 spiro atoms. The molecule has 3 aliphatic rings. The smallest absolute Gasteiger partial charge is 0.416 e. The summed E-state index contributed by atoms with van der Waals surface area (Å²) < 4.78 is 40.4. The fourth-order valence-electron chi connectivity index (χ4n) is 7.56. The third kappa shape index (κ3) is 4.14. The van der Waals surface area contributed by atoms with Gasteiger partial charge in [0, 0.05) is 23.9 Å². The summed E-state index contributed by atoms with van der Waals surface area (Å²) in [7, 11) is 0. The number of halogens is 3. The first-order chi connectivity index (χ1) is 17.6. The maximum atomic E-state index is 13.3. The standard InChI is InChI=1S/C29H30F3N3O2/c1-28-12-10-23-22-9-7-21(36)14-18(22)4-8-24(23)27(28)19(15-26(28)37)11-13-35-16-25(33-34-35)17-2-5-20(6-3-17)29(30,31)32/h2-3,5-7,9,14,16,19,23-24,27,36H,4,8,10-13,15H2,1H3/t19-,23-,24-,27+,28-/m1/s1. The molecule has 0 saturated heterocycles. The van der Waals surface area contributed by atoms with E-state index >= 15 is 0 Å². The Morgan fingerprint density at radius 1 is 1.14 bits per heavy atom. The van der Waals surface area contributed by atoms with Gasteiger partial charge in [-0.3, -0.25) is 9.48 Å². The molecule has 0 radical (unpaired) electrons. The van der Waals surface area contributed by atoms with Gasteiger partial charge in [0.05, 0.1) is 11.8 Å². The molecule has 3 aliphatic carbocycles. The third-order valence-corrected chi connectivity index (χ3v) is 9.33. The van der Waals surface area contributed by atoms with Gasteiger partial charge in [-0.05, 0) is 91.2 Å². The summed E-state index contributed by atoms with van der Waals surface area (Å²) >= 11 is 0. The van der Waals surface area contributed by atoms with Crippen LogP contribution in [0.25, 0.3) is 11.3 Å². The minimum atomic E-state index is -4.37. The van der Waals surface area contributed by atoms with E-state index in [9.17, 15) is 23.1 Å². The number of rotatable bonds is 4. The molecule has 1 heterocycles. The van der Waals surface area contributed by atoms with Gasteiger partial charge in [-0.15, -0.1) is 5.10 Å². The number of Topliss-reactive ketones (excluding diaryl/α,β-unsaturated/α-hetero) is 1. The fourth-order valence-corrected chi connectivity index (χ4v) is 7.56. The van der Waals surface area contributed by atoms with Gasteiger partial charge in [0.2, 0.25) is 0 Å². The van der Waals surface area contributed by atoms with Crippen molar-refractivity contribution in [2.45, 2.75) is 64.1 Å². The molecule has 5 nitrogen and oxygen atoms in total. The lowest BCUT2D eigenvalue weighted by molar-refractivity contribution is -0.137. The van der Waals surface area contributed by atoms with E-state index in [1.165, 1.54) is 23.3 Å². The molecule has 0 unspecified atom stereocenters. The molecule has 3 aromatic rings. The van der Waals surface area contributed by atoms with Crippen molar-refractivity contribution in [1.82, 2.24) is 15.0 Å². The van der Waals surface area contributed by atoms with Gasteiger partial charge >= 0.3 is 6.18 Å². The van der Waals surface area contributed by atoms with Crippen molar-refractivity contribution < 1.29 is 23.1 Å². The summed E-state index contributed by atoms with van der Waals surface area (Å²) in [6, 6.07) is 10.7. The molecule has 5 atom stereocenters. The van der Waals surface area contributed by atoms with Crippen LogP contribution in [0.3, 0.4) is 0 Å². The largest absolute Gasteiger partial charge is 0.508 e. The average Bonchev–Trinajstić information content (AvgIpc) is 3.44. The van der Waals surface area contributed by atoms with Gasteiger partial charge < -0.3 is 5.11 Å². The van der Waals surface area contributed by atoms with Crippen molar-refractivity contribution in [3.63, 3.8) is 0 Å². The number of aryl methyl sites for hydroxylation is 2. The van der Waals surface area contributed by atoms with Crippen LogP contribution in [0.1, 0.15) is 61.6 Å². The Labute approximate surface area is 213 Å². The number of phenols is 1. The molecule has 1 N–H and O–H groups in total. The fraction of sp³-hybridized carbons (Fsp3) is 0.483. The Bertz CT molecular complexity index is 1330. The van der Waals surface area contributed by atoms with Crippen LogP contribution in [0.2, 0.25) is 0 Å². The number of phenolic OH excluding ortho intramolecular Hbond substituents is 1. The van der Waals surface area contributed by atoms with Crippen LogP contribution in [-0.4, -0.2) is 25.9 Å². The zero-order valence-electron chi connectivity index (χ0n) is 20.7. The molecule has 0 aliphatic heterocycles. The number of hydrogen-bond acceptors (Lipinski definition) is 4. The van der Waals surface area contributed by atoms with E-state index in [0.717, 1.165) is 44.2 Å². The second-order valence-corrected chi connectivity index (χ2v) is 11.3. The van der Waals surface area contributed by atoms with E-state index in [2.05, 4.69) is 23.3 Å². The monoisotopic (exact) mass is 509 g/mol. The Balaban J connectivity index is 1.19. The zero-order valence-corrected chi connectivity index (χ0v) is 20.7. The van der Waals surface area contributed by atoms with Gasteiger partial charge in [-0.2, -0.15) is 13.2 Å². The Morgan fingerprint density at radius 2 is 1.92 bits per heavy atom. The van der Waals surface area contributed by atoms with Crippen molar-refractivity contribution in [3.05, 3.63) is 65.4 Å². The molecule has 0 bridgehead atoms. The summed E-state index contributed by atoms with van der Waals surface area (Å²) in [6.45, 7) is 2.78. The van der Waals surface area contributed by atoms with Crippen molar-refractivity contribution >= 4 is 5.78 Å². The lowest BCUT2D eigenvalue weighted by Gasteiger charge is -2.50. The number of alkyl halides is 3. The quantitative estimate of drug-likeness (QED) is 0.441. The summed E-state index contributed by atoms with van der Waals surface area (Å²) in [4.78, 5) is 13.3. The van der Waals surface area contributed by atoms with Gasteiger partial charge in [0.15, 0.2) is 0 Å². The van der Waals surface area contributed by atoms with Crippen LogP contribution in [0.4, 0.5) is 13.2 Å². The highest BCUT2D eigenvalue weighted by Gasteiger charge is 2.58. The predicted molar refractivity (Wildman–Crippen MR) is 132 cm³/mol. The lowest BCUT2D eigenvalue weighted by Crippen LogP contribution is -2.44. The number of carbonyl (C=O) groups excluding carboxylic acids is 1. The first kappa shape index (κ1) is 24.2. The van der Waals surface area contributed by atoms with Gasteiger partial charge in [-0.1, -0.05) is 30.3 Å². The molecule has 37 heavy (non-hydrogen) atoms. The van der Waals surface area contributed by atoms with Crippen molar-refractivity contribution in [2.75, 3.05) is 0 Å². The third-order valence-electron chi connectivity index (χ3n) is 9.33. The Hall–Kier alpha value is -3.16. The number of ketones is 1. The first-order valence-corrected chi connectivity index (χ1v) is 13.1. The van der Waals surface area contributed by atoms with Crippen LogP contribution >= 0.6 is 0 Å². The molecule has 194 valence electrons. The first-order valence-electron chi connectivity index (χ1n) is 13.1. The predicted octanol–water partition coefficient (Wildman–Crippen LogP) is 6.41. The topological polar surface area (TPSA) is 68.0 Å². The normalized spacial score (nSPS) is 29.0. The summed E-state index contributed by atoms with van der Waals surface area (Å²) in [5.41, 5.74) is 2.73. The number of aromatic hydroxyl groups is 1. The number of hydrogen-bond donors (Lipinski definition) is 1. The second kappa shape index (κ2) is 8.71. The van der Waals surface area contributed by atoms with Crippen LogP contribution in [0.15, 0.2) is 48.7 Å². The zero-order chi connectivity index (χ0) is 25.9. The van der Waals surface area contributed by atoms with Crippen LogP contribution in [-0.2, 0) is 23.9 Å². The number of aromatic nitrogens is 3. The van der Waals surface area contributed by atoms with E-state index in [1.54, 1.807) is 16.9 Å². The maximum absolute atomic E-state index is 13.3.